The molecule has 0 radical (unpaired) electrons. The summed E-state index contributed by atoms with van der Waals surface area (Å²) in [4.78, 5) is 0. The van der Waals surface area contributed by atoms with Gasteiger partial charge in [-0.25, -0.2) is 0 Å². The molecule has 0 aliphatic carbocycles. The number of unbranched alkanes of at least 4 members (excludes halogenated alkanes) is 3. The minimum absolute atomic E-state index is 0.884. The second-order valence-corrected chi connectivity index (χ2v) is 3.67. The zero-order chi connectivity index (χ0) is 8.53. The van der Waals surface area contributed by atoms with Crippen LogP contribution in [-0.2, 0) is 0 Å². The molecule has 0 aromatic heterocycles. The fourth-order valence-corrected chi connectivity index (χ4v) is 1.19. The topological polar surface area (TPSA) is 16.6 Å². The third-order valence-electron chi connectivity index (χ3n) is 1.94. The van der Waals surface area contributed by atoms with Crippen LogP contribution >= 0.6 is 0 Å². The van der Waals surface area contributed by atoms with Crippen molar-refractivity contribution >= 4 is 0 Å². The minimum atomic E-state index is 0.884. The van der Waals surface area contributed by atoms with Crippen molar-refractivity contribution in [1.29, 1.82) is 0 Å². The van der Waals surface area contributed by atoms with Crippen molar-refractivity contribution in [3.05, 3.63) is 7.05 Å². The third kappa shape index (κ3) is 9.96. The summed E-state index contributed by atoms with van der Waals surface area (Å²) in [6.07, 6.45) is 6.94. The van der Waals surface area contributed by atoms with Crippen molar-refractivity contribution in [1.82, 2.24) is 0 Å². The van der Waals surface area contributed by atoms with Crippen molar-refractivity contribution in [3.8, 4) is 0 Å². The summed E-state index contributed by atoms with van der Waals surface area (Å²) in [5.74, 6) is 0.884. The Morgan fingerprint density at radius 1 is 1.09 bits per heavy atom. The molecule has 0 aromatic rings. The minimum Gasteiger partial charge on any atom is -0.479 e. The number of hydrogen-bond acceptors (Lipinski definition) is 0. The lowest BCUT2D eigenvalue weighted by molar-refractivity contribution is -0.595. The van der Waals surface area contributed by atoms with Gasteiger partial charge >= 0.3 is 0 Å². The molecule has 0 unspecified atom stereocenters. The fourth-order valence-electron chi connectivity index (χ4n) is 1.19. The van der Waals surface area contributed by atoms with Gasteiger partial charge in [0.1, 0.15) is 0 Å². The maximum absolute atomic E-state index is 3.71. The van der Waals surface area contributed by atoms with Gasteiger partial charge in [-0.05, 0) is 18.8 Å². The van der Waals surface area contributed by atoms with Crippen LogP contribution in [0.25, 0.3) is 0 Å². The molecular weight excluding hydrogens is 134 g/mol. The van der Waals surface area contributed by atoms with E-state index in [4.69, 9.17) is 0 Å². The van der Waals surface area contributed by atoms with E-state index in [9.17, 15) is 0 Å². The lowest BCUT2D eigenvalue weighted by Crippen LogP contribution is -2.76. The van der Waals surface area contributed by atoms with Gasteiger partial charge in [-0.1, -0.05) is 33.1 Å². The molecule has 1 heteroatoms. The standard InChI is InChI=1S/C10H23N/c1-10(2)8-6-4-5-7-9-11-3/h10H,3-9,11H2,1-2H3. The first-order valence-corrected chi connectivity index (χ1v) is 4.88. The maximum atomic E-state index is 3.71. The number of nitrogens with two attached hydrogens (primary N) is 1. The van der Waals surface area contributed by atoms with Crippen LogP contribution in [0.15, 0.2) is 0 Å². The van der Waals surface area contributed by atoms with Gasteiger partial charge in [0.25, 0.3) is 0 Å². The van der Waals surface area contributed by atoms with Crippen molar-refractivity contribution in [3.63, 3.8) is 0 Å². The maximum Gasteiger partial charge on any atom is 0.0515 e. The first-order chi connectivity index (χ1) is 5.27. The Bertz CT molecular complexity index is 69.3. The van der Waals surface area contributed by atoms with Gasteiger partial charge in [-0.2, -0.15) is 7.05 Å². The van der Waals surface area contributed by atoms with Crippen molar-refractivity contribution in [2.24, 2.45) is 5.92 Å². The number of quaternary nitrogens is 1. The third-order valence-corrected chi connectivity index (χ3v) is 1.94. The van der Waals surface area contributed by atoms with Gasteiger partial charge < -0.3 is 5.32 Å². The molecular formula is C10H23N. The van der Waals surface area contributed by atoms with Crippen LogP contribution in [0.4, 0.5) is 0 Å². The highest BCUT2D eigenvalue weighted by molar-refractivity contribution is 4.46. The van der Waals surface area contributed by atoms with Crippen LogP contribution in [0.3, 0.4) is 0 Å². The van der Waals surface area contributed by atoms with Crippen molar-refractivity contribution in [2.45, 2.75) is 46.0 Å². The summed E-state index contributed by atoms with van der Waals surface area (Å²) in [5.41, 5.74) is 0. The van der Waals surface area contributed by atoms with Gasteiger partial charge in [0.05, 0.1) is 6.54 Å². The van der Waals surface area contributed by atoms with E-state index in [1.807, 2.05) is 5.32 Å². The molecule has 0 bridgehead atoms. The Kier molecular flexibility index (Phi) is 8.03. The van der Waals surface area contributed by atoms with Crippen LogP contribution < -0.4 is 5.32 Å². The zero-order valence-electron chi connectivity index (χ0n) is 8.10. The predicted molar refractivity (Wildman–Crippen MR) is 50.1 cm³/mol. The van der Waals surface area contributed by atoms with Gasteiger partial charge in [0.2, 0.25) is 0 Å². The number of hydrogen-bond donors (Lipinski definition) is 1. The highest BCUT2D eigenvalue weighted by Crippen LogP contribution is 2.08. The first kappa shape index (κ1) is 11.0. The van der Waals surface area contributed by atoms with E-state index in [1.165, 1.54) is 38.6 Å². The Morgan fingerprint density at radius 3 is 2.27 bits per heavy atom. The monoisotopic (exact) mass is 157 g/mol. The van der Waals surface area contributed by atoms with Crippen LogP contribution in [0.1, 0.15) is 46.0 Å². The quantitative estimate of drug-likeness (QED) is 0.430. The molecule has 68 valence electrons. The molecule has 0 saturated heterocycles. The van der Waals surface area contributed by atoms with Crippen LogP contribution in [0.5, 0.6) is 0 Å². The molecule has 0 aliphatic heterocycles. The Labute approximate surface area is 71.6 Å². The zero-order valence-corrected chi connectivity index (χ0v) is 8.10. The molecule has 0 fully saturated rings. The lowest BCUT2D eigenvalue weighted by atomic mass is 10.0. The molecule has 0 rings (SSSR count). The van der Waals surface area contributed by atoms with Gasteiger partial charge in [-0.3, -0.25) is 0 Å². The van der Waals surface area contributed by atoms with E-state index >= 15 is 0 Å². The van der Waals surface area contributed by atoms with Gasteiger partial charge in [0.15, 0.2) is 0 Å². The first-order valence-electron chi connectivity index (χ1n) is 4.88. The smallest absolute Gasteiger partial charge is 0.0515 e. The van der Waals surface area contributed by atoms with Crippen molar-refractivity contribution in [2.75, 3.05) is 6.54 Å². The van der Waals surface area contributed by atoms with Gasteiger partial charge in [0, 0.05) is 0 Å². The Morgan fingerprint density at radius 2 is 1.73 bits per heavy atom. The molecule has 1 nitrogen and oxygen atoms in total. The fraction of sp³-hybridized carbons (Fsp3) is 0.900. The summed E-state index contributed by atoms with van der Waals surface area (Å²) in [6.45, 7) is 5.79. The molecule has 0 aromatic carbocycles. The molecule has 0 heterocycles. The lowest BCUT2D eigenvalue weighted by Gasteiger charge is -2.03. The van der Waals surface area contributed by atoms with E-state index in [0.717, 1.165) is 5.92 Å². The highest BCUT2D eigenvalue weighted by atomic mass is 14.8. The summed E-state index contributed by atoms with van der Waals surface area (Å²) in [7, 11) is 3.71. The van der Waals surface area contributed by atoms with Gasteiger partial charge in [-0.15, -0.1) is 0 Å². The SMILES string of the molecule is [CH2-][NH2+]CCCCCCC(C)C. The molecule has 0 spiro atoms. The highest BCUT2D eigenvalue weighted by Gasteiger charge is 1.93. The Hall–Kier alpha value is -0.0400. The molecule has 0 amide bonds. The van der Waals surface area contributed by atoms with E-state index < -0.39 is 0 Å². The van der Waals surface area contributed by atoms with E-state index in [-0.39, 0.29) is 0 Å². The van der Waals surface area contributed by atoms with Crippen molar-refractivity contribution < 1.29 is 5.32 Å². The van der Waals surface area contributed by atoms with Crippen LogP contribution in [0, 0.1) is 13.0 Å². The summed E-state index contributed by atoms with van der Waals surface area (Å²) in [6, 6.07) is 0. The summed E-state index contributed by atoms with van der Waals surface area (Å²) >= 11 is 0. The summed E-state index contributed by atoms with van der Waals surface area (Å²) < 4.78 is 0. The van der Waals surface area contributed by atoms with Crippen LogP contribution in [0.2, 0.25) is 0 Å². The molecule has 0 atom stereocenters. The van der Waals surface area contributed by atoms with E-state index in [0.29, 0.717) is 0 Å². The molecule has 0 saturated carbocycles. The largest absolute Gasteiger partial charge is 0.479 e. The second kappa shape index (κ2) is 8.06. The summed E-state index contributed by atoms with van der Waals surface area (Å²) in [5, 5.41) is 2.02. The Balaban J connectivity index is 2.80. The molecule has 2 N–H and O–H groups in total. The molecule has 11 heavy (non-hydrogen) atoms. The second-order valence-electron chi connectivity index (χ2n) is 3.67. The predicted octanol–water partition coefficient (Wildman–Crippen LogP) is 1.95. The van der Waals surface area contributed by atoms with Crippen LogP contribution in [-0.4, -0.2) is 6.54 Å². The number of rotatable bonds is 7. The van der Waals surface area contributed by atoms with E-state index in [1.54, 1.807) is 0 Å². The normalized spacial score (nSPS) is 10.9. The average Bonchev–Trinajstić information content (AvgIpc) is 1.96. The van der Waals surface area contributed by atoms with E-state index in [2.05, 4.69) is 20.9 Å². The average molecular weight is 157 g/mol. The molecule has 0 aliphatic rings.